The molecule has 0 spiro atoms. The lowest BCUT2D eigenvalue weighted by Crippen LogP contribution is -2.38. The van der Waals surface area contributed by atoms with E-state index in [1.165, 1.54) is 32.1 Å². The Bertz CT molecular complexity index is 445. The molecule has 1 aliphatic carbocycles. The molecule has 2 unspecified atom stereocenters. The van der Waals surface area contributed by atoms with Gasteiger partial charge in [0.1, 0.15) is 0 Å². The van der Waals surface area contributed by atoms with Crippen molar-refractivity contribution in [2.45, 2.75) is 38.1 Å². The van der Waals surface area contributed by atoms with Crippen LogP contribution in [-0.4, -0.2) is 29.8 Å². The number of fused-ring (bicyclic) bond motifs is 1. The van der Waals surface area contributed by atoms with Crippen LogP contribution >= 0.6 is 27.3 Å². The Morgan fingerprint density at radius 2 is 2.22 bits per heavy atom. The van der Waals surface area contributed by atoms with E-state index in [-0.39, 0.29) is 5.78 Å². The molecule has 2 fully saturated rings. The minimum absolute atomic E-state index is 0.281. The number of Topliss-reactive ketones (excluding diaryl/α,β-unsaturated/α-hetero) is 1. The number of rotatable bonds is 3. The van der Waals surface area contributed by atoms with Crippen molar-refractivity contribution in [1.29, 1.82) is 0 Å². The zero-order chi connectivity index (χ0) is 12.5. The lowest BCUT2D eigenvalue weighted by atomic mass is 9.85. The summed E-state index contributed by atoms with van der Waals surface area (Å²) in [6, 6.07) is 2.65. The summed E-state index contributed by atoms with van der Waals surface area (Å²) in [7, 11) is 0. The molecule has 1 aliphatic heterocycles. The zero-order valence-corrected chi connectivity index (χ0v) is 12.8. The number of nitrogens with zero attached hydrogens (tertiary/aromatic N) is 1. The van der Waals surface area contributed by atoms with Gasteiger partial charge in [-0.05, 0) is 59.1 Å². The van der Waals surface area contributed by atoms with Crippen molar-refractivity contribution in [2.75, 3.05) is 13.1 Å². The summed E-state index contributed by atoms with van der Waals surface area (Å²) in [6.07, 6.45) is 6.69. The molecule has 2 aliphatic rings. The molecule has 4 heteroatoms. The zero-order valence-electron chi connectivity index (χ0n) is 10.4. The van der Waals surface area contributed by atoms with Gasteiger partial charge in [-0.2, -0.15) is 0 Å². The molecular weight excluding hydrogens is 310 g/mol. The largest absolute Gasteiger partial charge is 0.293 e. The second-order valence-electron chi connectivity index (χ2n) is 5.39. The maximum atomic E-state index is 12.3. The van der Waals surface area contributed by atoms with E-state index < -0.39 is 0 Å². The van der Waals surface area contributed by atoms with Crippen LogP contribution in [0, 0.1) is 5.92 Å². The van der Waals surface area contributed by atoms with E-state index in [0.29, 0.717) is 12.6 Å². The summed E-state index contributed by atoms with van der Waals surface area (Å²) in [5, 5.41) is 1.98. The van der Waals surface area contributed by atoms with Crippen molar-refractivity contribution in [1.82, 2.24) is 4.90 Å². The van der Waals surface area contributed by atoms with Gasteiger partial charge in [-0.1, -0.05) is 12.8 Å². The standard InChI is InChI=1S/C14H18BrNOS/c15-11-6-8-18-14(11)13(17)9-16-7-5-10-3-1-2-4-12(10)16/h6,8,10,12H,1-5,7,9H2. The summed E-state index contributed by atoms with van der Waals surface area (Å²) in [5.74, 6) is 1.14. The molecule has 3 rings (SSSR count). The van der Waals surface area contributed by atoms with Crippen molar-refractivity contribution < 1.29 is 4.79 Å². The topological polar surface area (TPSA) is 20.3 Å². The molecule has 0 bridgehead atoms. The van der Waals surface area contributed by atoms with E-state index in [0.717, 1.165) is 21.8 Å². The Kier molecular flexibility index (Phi) is 3.87. The number of ketones is 1. The van der Waals surface area contributed by atoms with E-state index in [1.807, 2.05) is 11.4 Å². The summed E-state index contributed by atoms with van der Waals surface area (Å²) in [6.45, 7) is 1.73. The first kappa shape index (κ1) is 12.8. The second-order valence-corrected chi connectivity index (χ2v) is 7.16. The molecule has 0 radical (unpaired) electrons. The Morgan fingerprint density at radius 1 is 1.39 bits per heavy atom. The van der Waals surface area contributed by atoms with E-state index in [9.17, 15) is 4.79 Å². The fourth-order valence-electron chi connectivity index (χ4n) is 3.45. The monoisotopic (exact) mass is 327 g/mol. The highest BCUT2D eigenvalue weighted by atomic mass is 79.9. The summed E-state index contributed by atoms with van der Waals surface area (Å²) >= 11 is 5.00. The Balaban J connectivity index is 1.66. The first-order valence-electron chi connectivity index (χ1n) is 6.76. The molecule has 18 heavy (non-hydrogen) atoms. The van der Waals surface area contributed by atoms with Crippen LogP contribution < -0.4 is 0 Å². The molecule has 1 aromatic heterocycles. The minimum Gasteiger partial charge on any atom is -0.293 e. The Morgan fingerprint density at radius 3 is 3.00 bits per heavy atom. The normalized spacial score (nSPS) is 28.3. The fraction of sp³-hybridized carbons (Fsp3) is 0.643. The Labute approximate surface area is 120 Å². The van der Waals surface area contributed by atoms with E-state index >= 15 is 0 Å². The average molecular weight is 328 g/mol. The number of carbonyl (C=O) groups excluding carboxylic acids is 1. The van der Waals surface area contributed by atoms with Crippen LogP contribution in [0.5, 0.6) is 0 Å². The third kappa shape index (κ3) is 2.43. The van der Waals surface area contributed by atoms with Gasteiger partial charge in [0, 0.05) is 10.5 Å². The molecule has 2 atom stereocenters. The SMILES string of the molecule is O=C(CN1CCC2CCCCC21)c1sccc1Br. The lowest BCUT2D eigenvalue weighted by Gasteiger charge is -2.31. The van der Waals surface area contributed by atoms with E-state index in [4.69, 9.17) is 0 Å². The molecule has 0 N–H and O–H groups in total. The predicted octanol–water partition coefficient (Wildman–Crippen LogP) is 3.96. The van der Waals surface area contributed by atoms with Gasteiger partial charge in [0.15, 0.2) is 5.78 Å². The lowest BCUT2D eigenvalue weighted by molar-refractivity contribution is 0.0899. The van der Waals surface area contributed by atoms with Gasteiger partial charge in [-0.25, -0.2) is 0 Å². The number of hydrogen-bond acceptors (Lipinski definition) is 3. The van der Waals surface area contributed by atoms with Crippen molar-refractivity contribution >= 4 is 33.0 Å². The van der Waals surface area contributed by atoms with Crippen LogP contribution in [0.15, 0.2) is 15.9 Å². The molecule has 1 saturated heterocycles. The maximum Gasteiger partial charge on any atom is 0.187 e. The number of halogens is 1. The minimum atomic E-state index is 0.281. The summed E-state index contributed by atoms with van der Waals surface area (Å²) in [4.78, 5) is 15.6. The van der Waals surface area contributed by atoms with Crippen LogP contribution in [-0.2, 0) is 0 Å². The fourth-order valence-corrected chi connectivity index (χ4v) is 4.97. The molecule has 0 amide bonds. The average Bonchev–Trinajstić information content (AvgIpc) is 2.97. The number of thiophene rings is 1. The molecule has 1 aromatic rings. The van der Waals surface area contributed by atoms with Gasteiger partial charge in [-0.15, -0.1) is 11.3 Å². The van der Waals surface area contributed by atoms with E-state index in [2.05, 4.69) is 20.8 Å². The third-order valence-electron chi connectivity index (χ3n) is 4.34. The van der Waals surface area contributed by atoms with Crippen LogP contribution in [0.25, 0.3) is 0 Å². The second kappa shape index (κ2) is 5.43. The quantitative estimate of drug-likeness (QED) is 0.783. The van der Waals surface area contributed by atoms with Crippen molar-refractivity contribution in [3.63, 3.8) is 0 Å². The summed E-state index contributed by atoms with van der Waals surface area (Å²) < 4.78 is 0.955. The first-order valence-corrected chi connectivity index (χ1v) is 8.43. The number of likely N-dealkylation sites (tertiary alicyclic amines) is 1. The van der Waals surface area contributed by atoms with Gasteiger partial charge in [0.05, 0.1) is 11.4 Å². The van der Waals surface area contributed by atoms with Gasteiger partial charge in [0.25, 0.3) is 0 Å². The van der Waals surface area contributed by atoms with Gasteiger partial charge < -0.3 is 0 Å². The molecule has 98 valence electrons. The smallest absolute Gasteiger partial charge is 0.187 e. The Hall–Kier alpha value is -0.190. The van der Waals surface area contributed by atoms with Gasteiger partial charge >= 0.3 is 0 Å². The molecule has 1 saturated carbocycles. The van der Waals surface area contributed by atoms with Crippen molar-refractivity contribution in [2.24, 2.45) is 5.92 Å². The highest BCUT2D eigenvalue weighted by molar-refractivity contribution is 9.10. The van der Waals surface area contributed by atoms with E-state index in [1.54, 1.807) is 11.3 Å². The van der Waals surface area contributed by atoms with Crippen LogP contribution in [0.2, 0.25) is 0 Å². The summed E-state index contributed by atoms with van der Waals surface area (Å²) in [5.41, 5.74) is 0. The molecular formula is C14H18BrNOS. The predicted molar refractivity (Wildman–Crippen MR) is 78.3 cm³/mol. The highest BCUT2D eigenvalue weighted by Gasteiger charge is 2.36. The third-order valence-corrected chi connectivity index (χ3v) is 6.22. The highest BCUT2D eigenvalue weighted by Crippen LogP contribution is 2.36. The molecule has 2 heterocycles. The van der Waals surface area contributed by atoms with Crippen molar-refractivity contribution in [3.05, 3.63) is 20.8 Å². The molecule has 2 nitrogen and oxygen atoms in total. The van der Waals surface area contributed by atoms with Gasteiger partial charge in [0.2, 0.25) is 0 Å². The number of carbonyl (C=O) groups is 1. The number of hydrogen-bond donors (Lipinski definition) is 0. The van der Waals surface area contributed by atoms with Crippen molar-refractivity contribution in [3.8, 4) is 0 Å². The van der Waals surface area contributed by atoms with Crippen LogP contribution in [0.1, 0.15) is 41.8 Å². The first-order chi connectivity index (χ1) is 8.75. The van der Waals surface area contributed by atoms with Crippen LogP contribution in [0.3, 0.4) is 0 Å². The molecule has 0 aromatic carbocycles. The van der Waals surface area contributed by atoms with Gasteiger partial charge in [-0.3, -0.25) is 9.69 Å². The van der Waals surface area contributed by atoms with Crippen LogP contribution in [0.4, 0.5) is 0 Å². The maximum absolute atomic E-state index is 12.3.